The second kappa shape index (κ2) is 8.09. The van der Waals surface area contributed by atoms with E-state index in [1.54, 1.807) is 7.11 Å². The predicted molar refractivity (Wildman–Crippen MR) is 98.0 cm³/mol. The Kier molecular flexibility index (Phi) is 5.84. The summed E-state index contributed by atoms with van der Waals surface area (Å²) in [6.07, 6.45) is 7.40. The summed E-state index contributed by atoms with van der Waals surface area (Å²) in [7, 11) is 1.67. The highest BCUT2D eigenvalue weighted by Crippen LogP contribution is 2.39. The molecule has 2 unspecified atom stereocenters. The van der Waals surface area contributed by atoms with Gasteiger partial charge in [-0.3, -0.25) is 0 Å². The number of methoxy groups -OCH3 is 1. The number of benzene rings is 1. The van der Waals surface area contributed by atoms with Crippen LogP contribution in [-0.2, 0) is 11.2 Å². The fourth-order valence-electron chi connectivity index (χ4n) is 4.17. The molecule has 2 amide bonds. The van der Waals surface area contributed by atoms with Crippen LogP contribution in [0.25, 0.3) is 0 Å². The van der Waals surface area contributed by atoms with Crippen LogP contribution in [-0.4, -0.2) is 37.4 Å². The third-order valence-electron chi connectivity index (χ3n) is 5.40. The standard InChI is InChI=1S/C20H30N2O3/c1-15(12-16-6-5-7-18(13-16)24-2)21-19(23)22-17-8-11-25-20(14-17)9-3-4-10-20/h5-7,13,15,17H,3-4,8-12,14H2,1-2H3,(H2,21,22,23). The van der Waals surface area contributed by atoms with E-state index in [4.69, 9.17) is 9.47 Å². The lowest BCUT2D eigenvalue weighted by atomic mass is 9.89. The Labute approximate surface area is 150 Å². The summed E-state index contributed by atoms with van der Waals surface area (Å²) >= 11 is 0. The van der Waals surface area contributed by atoms with Crippen LogP contribution in [0.3, 0.4) is 0 Å². The van der Waals surface area contributed by atoms with Gasteiger partial charge < -0.3 is 20.1 Å². The van der Waals surface area contributed by atoms with Crippen LogP contribution in [0.4, 0.5) is 4.79 Å². The van der Waals surface area contributed by atoms with Crippen LogP contribution in [0.15, 0.2) is 24.3 Å². The zero-order valence-electron chi connectivity index (χ0n) is 15.3. The smallest absolute Gasteiger partial charge is 0.315 e. The van der Waals surface area contributed by atoms with Gasteiger partial charge in [0, 0.05) is 18.7 Å². The van der Waals surface area contributed by atoms with E-state index in [0.717, 1.165) is 50.0 Å². The van der Waals surface area contributed by atoms with E-state index in [1.165, 1.54) is 12.8 Å². The monoisotopic (exact) mass is 346 g/mol. The lowest BCUT2D eigenvalue weighted by Gasteiger charge is -2.38. The third-order valence-corrected chi connectivity index (χ3v) is 5.40. The summed E-state index contributed by atoms with van der Waals surface area (Å²) in [4.78, 5) is 12.4. The molecule has 1 saturated heterocycles. The molecule has 138 valence electrons. The molecule has 3 rings (SSSR count). The minimum absolute atomic E-state index is 0.0302. The number of urea groups is 1. The van der Waals surface area contributed by atoms with Crippen LogP contribution in [0.5, 0.6) is 5.75 Å². The van der Waals surface area contributed by atoms with Gasteiger partial charge in [0.2, 0.25) is 0 Å². The van der Waals surface area contributed by atoms with Crippen LogP contribution < -0.4 is 15.4 Å². The molecule has 1 spiro atoms. The minimum Gasteiger partial charge on any atom is -0.497 e. The summed E-state index contributed by atoms with van der Waals surface area (Å²) in [5, 5.41) is 6.22. The highest BCUT2D eigenvalue weighted by atomic mass is 16.5. The van der Waals surface area contributed by atoms with Crippen molar-refractivity contribution in [3.05, 3.63) is 29.8 Å². The molecule has 1 aliphatic heterocycles. The van der Waals surface area contributed by atoms with Gasteiger partial charge in [-0.05, 0) is 56.7 Å². The number of carbonyl (C=O) groups is 1. The lowest BCUT2D eigenvalue weighted by molar-refractivity contribution is -0.0820. The molecule has 1 heterocycles. The van der Waals surface area contributed by atoms with Crippen molar-refractivity contribution in [2.45, 2.75) is 69.6 Å². The van der Waals surface area contributed by atoms with Gasteiger partial charge in [0.25, 0.3) is 0 Å². The molecule has 2 N–H and O–H groups in total. The molecule has 2 atom stereocenters. The Hall–Kier alpha value is -1.75. The zero-order valence-corrected chi connectivity index (χ0v) is 15.3. The van der Waals surface area contributed by atoms with Crippen LogP contribution in [0.2, 0.25) is 0 Å². The summed E-state index contributed by atoms with van der Waals surface area (Å²) < 4.78 is 11.3. The summed E-state index contributed by atoms with van der Waals surface area (Å²) in [5.74, 6) is 0.846. The Morgan fingerprint density at radius 2 is 2.20 bits per heavy atom. The van der Waals surface area contributed by atoms with E-state index < -0.39 is 0 Å². The maximum Gasteiger partial charge on any atom is 0.315 e. The van der Waals surface area contributed by atoms with E-state index in [9.17, 15) is 4.79 Å². The van der Waals surface area contributed by atoms with Crippen molar-refractivity contribution in [2.24, 2.45) is 0 Å². The minimum atomic E-state index is -0.0737. The second-order valence-corrected chi connectivity index (χ2v) is 7.50. The van der Waals surface area contributed by atoms with Crippen molar-refractivity contribution in [2.75, 3.05) is 13.7 Å². The molecular weight excluding hydrogens is 316 g/mol. The van der Waals surface area contributed by atoms with Crippen LogP contribution >= 0.6 is 0 Å². The van der Waals surface area contributed by atoms with Crippen molar-refractivity contribution in [3.63, 3.8) is 0 Å². The first-order valence-electron chi connectivity index (χ1n) is 9.42. The molecule has 25 heavy (non-hydrogen) atoms. The fraction of sp³-hybridized carbons (Fsp3) is 0.650. The van der Waals surface area contributed by atoms with E-state index >= 15 is 0 Å². The Morgan fingerprint density at radius 1 is 1.40 bits per heavy atom. The molecule has 2 aliphatic rings. The molecule has 0 bridgehead atoms. The van der Waals surface area contributed by atoms with E-state index in [1.807, 2.05) is 25.1 Å². The first-order chi connectivity index (χ1) is 12.1. The third kappa shape index (κ3) is 4.88. The van der Waals surface area contributed by atoms with Gasteiger partial charge in [-0.25, -0.2) is 4.79 Å². The molecular formula is C20H30N2O3. The summed E-state index contributed by atoms with van der Waals surface area (Å²) in [5.41, 5.74) is 1.19. The first-order valence-corrected chi connectivity index (χ1v) is 9.42. The van der Waals surface area contributed by atoms with Gasteiger partial charge >= 0.3 is 6.03 Å². The molecule has 0 radical (unpaired) electrons. The normalized spacial score (nSPS) is 23.2. The average Bonchev–Trinajstić information content (AvgIpc) is 3.02. The van der Waals surface area contributed by atoms with E-state index in [-0.39, 0.29) is 23.7 Å². The van der Waals surface area contributed by atoms with Crippen molar-refractivity contribution in [3.8, 4) is 5.75 Å². The number of hydrogen-bond acceptors (Lipinski definition) is 3. The van der Waals surface area contributed by atoms with Gasteiger partial charge in [0.1, 0.15) is 5.75 Å². The fourth-order valence-corrected chi connectivity index (χ4v) is 4.17. The molecule has 1 saturated carbocycles. The number of ether oxygens (including phenoxy) is 2. The quantitative estimate of drug-likeness (QED) is 0.859. The topological polar surface area (TPSA) is 59.6 Å². The lowest BCUT2D eigenvalue weighted by Crippen LogP contribution is -2.51. The van der Waals surface area contributed by atoms with Gasteiger partial charge in [0.05, 0.1) is 12.7 Å². The SMILES string of the molecule is COc1cccc(CC(C)NC(=O)NC2CCOC3(CCCC3)C2)c1. The van der Waals surface area contributed by atoms with Crippen LogP contribution in [0, 0.1) is 0 Å². The molecule has 5 nitrogen and oxygen atoms in total. The number of hydrogen-bond donors (Lipinski definition) is 2. The first kappa shape index (κ1) is 18.1. The summed E-state index contributed by atoms with van der Waals surface area (Å²) in [6, 6.07) is 8.18. The van der Waals surface area contributed by atoms with Crippen molar-refractivity contribution in [1.82, 2.24) is 10.6 Å². The number of amides is 2. The predicted octanol–water partition coefficient (Wildman–Crippen LogP) is 3.42. The Bertz CT molecular complexity index is 584. The van der Waals surface area contributed by atoms with Crippen molar-refractivity contribution >= 4 is 6.03 Å². The molecule has 1 aromatic carbocycles. The zero-order chi connectivity index (χ0) is 17.7. The molecule has 1 aromatic rings. The second-order valence-electron chi connectivity index (χ2n) is 7.50. The molecule has 5 heteroatoms. The van der Waals surface area contributed by atoms with Gasteiger partial charge in [0.15, 0.2) is 0 Å². The van der Waals surface area contributed by atoms with E-state index in [0.29, 0.717) is 0 Å². The van der Waals surface area contributed by atoms with Gasteiger partial charge in [-0.1, -0.05) is 25.0 Å². The summed E-state index contributed by atoms with van der Waals surface area (Å²) in [6.45, 7) is 2.78. The Balaban J connectivity index is 1.46. The number of nitrogens with one attached hydrogen (secondary N) is 2. The Morgan fingerprint density at radius 3 is 2.96 bits per heavy atom. The molecule has 2 fully saturated rings. The van der Waals surface area contributed by atoms with Crippen molar-refractivity contribution in [1.29, 1.82) is 0 Å². The largest absolute Gasteiger partial charge is 0.497 e. The number of carbonyl (C=O) groups excluding carboxylic acids is 1. The van der Waals surface area contributed by atoms with Crippen molar-refractivity contribution < 1.29 is 14.3 Å². The molecule has 0 aromatic heterocycles. The van der Waals surface area contributed by atoms with Gasteiger partial charge in [-0.15, -0.1) is 0 Å². The molecule has 1 aliphatic carbocycles. The average molecular weight is 346 g/mol. The van der Waals surface area contributed by atoms with E-state index in [2.05, 4.69) is 16.7 Å². The maximum atomic E-state index is 12.4. The number of rotatable bonds is 5. The maximum absolute atomic E-state index is 12.4. The van der Waals surface area contributed by atoms with Gasteiger partial charge in [-0.2, -0.15) is 0 Å². The highest BCUT2D eigenvalue weighted by molar-refractivity contribution is 5.74. The van der Waals surface area contributed by atoms with Crippen LogP contribution in [0.1, 0.15) is 51.0 Å². The highest BCUT2D eigenvalue weighted by Gasteiger charge is 2.40.